The van der Waals surface area contributed by atoms with E-state index in [-0.39, 0.29) is 5.82 Å². The Labute approximate surface area is 141 Å². The van der Waals surface area contributed by atoms with Crippen molar-refractivity contribution in [1.29, 1.82) is 0 Å². The number of nitrogens with zero attached hydrogens (tertiary/aromatic N) is 4. The van der Waals surface area contributed by atoms with Gasteiger partial charge in [0.25, 0.3) is 0 Å². The van der Waals surface area contributed by atoms with Gasteiger partial charge in [-0.3, -0.25) is 0 Å². The predicted molar refractivity (Wildman–Crippen MR) is 90.6 cm³/mol. The summed E-state index contributed by atoms with van der Waals surface area (Å²) >= 11 is 0. The van der Waals surface area contributed by atoms with Crippen LogP contribution in [0, 0.1) is 5.82 Å². The zero-order chi connectivity index (χ0) is 16.4. The van der Waals surface area contributed by atoms with Crippen molar-refractivity contribution in [1.82, 2.24) is 20.1 Å². The molecule has 0 atom stereocenters. The minimum Gasteiger partial charge on any atom is -0.367 e. The number of hydrogen-bond donors (Lipinski definition) is 1. The standard InChI is InChI=1S/C18H22FN5/c19-15-6-2-13(3-7-15)12-16-18(20-8-11-24-9-1-10-24)21-17(23-22-16)14-4-5-14/h2-3,6-7,14H,1,4-5,8-12H2,(H,20,21,23). The summed E-state index contributed by atoms with van der Waals surface area (Å²) < 4.78 is 13.1. The summed E-state index contributed by atoms with van der Waals surface area (Å²) in [7, 11) is 0. The number of rotatable bonds is 7. The van der Waals surface area contributed by atoms with E-state index >= 15 is 0 Å². The zero-order valence-electron chi connectivity index (χ0n) is 13.7. The molecule has 6 heteroatoms. The minimum absolute atomic E-state index is 0.222. The average Bonchev–Trinajstić information content (AvgIpc) is 3.38. The van der Waals surface area contributed by atoms with E-state index in [0.29, 0.717) is 12.3 Å². The van der Waals surface area contributed by atoms with Gasteiger partial charge in [-0.25, -0.2) is 9.37 Å². The molecule has 1 aromatic carbocycles. The van der Waals surface area contributed by atoms with Gasteiger partial charge in [0, 0.05) is 25.4 Å². The van der Waals surface area contributed by atoms with Gasteiger partial charge in [-0.2, -0.15) is 0 Å². The van der Waals surface area contributed by atoms with E-state index < -0.39 is 0 Å². The molecule has 2 heterocycles. The largest absolute Gasteiger partial charge is 0.367 e. The molecule has 0 amide bonds. The van der Waals surface area contributed by atoms with Crippen molar-refractivity contribution >= 4 is 5.82 Å². The Balaban J connectivity index is 1.48. The van der Waals surface area contributed by atoms with Crippen LogP contribution in [-0.4, -0.2) is 46.3 Å². The van der Waals surface area contributed by atoms with E-state index in [4.69, 9.17) is 4.98 Å². The Bertz CT molecular complexity index is 695. The lowest BCUT2D eigenvalue weighted by molar-refractivity contribution is 0.189. The van der Waals surface area contributed by atoms with Crippen molar-refractivity contribution in [2.24, 2.45) is 0 Å². The first kappa shape index (κ1) is 15.4. The van der Waals surface area contributed by atoms with Gasteiger partial charge in [0.15, 0.2) is 11.6 Å². The molecule has 1 saturated heterocycles. The third kappa shape index (κ3) is 3.70. The molecule has 2 aromatic rings. The van der Waals surface area contributed by atoms with Gasteiger partial charge in [-0.1, -0.05) is 12.1 Å². The van der Waals surface area contributed by atoms with Crippen molar-refractivity contribution < 1.29 is 4.39 Å². The first-order valence-electron chi connectivity index (χ1n) is 8.72. The third-order valence-corrected chi connectivity index (χ3v) is 4.67. The van der Waals surface area contributed by atoms with Crippen molar-refractivity contribution in [3.8, 4) is 0 Å². The van der Waals surface area contributed by atoms with E-state index in [9.17, 15) is 4.39 Å². The Morgan fingerprint density at radius 2 is 1.92 bits per heavy atom. The lowest BCUT2D eigenvalue weighted by atomic mass is 10.1. The average molecular weight is 327 g/mol. The van der Waals surface area contributed by atoms with Crippen LogP contribution >= 0.6 is 0 Å². The summed E-state index contributed by atoms with van der Waals surface area (Å²) in [5.74, 6) is 1.94. The minimum atomic E-state index is -0.222. The lowest BCUT2D eigenvalue weighted by Gasteiger charge is -2.30. The number of halogens is 1. The molecule has 0 radical (unpaired) electrons. The van der Waals surface area contributed by atoms with Crippen LogP contribution in [0.4, 0.5) is 10.2 Å². The molecule has 4 rings (SSSR count). The maximum Gasteiger partial charge on any atom is 0.156 e. The molecule has 126 valence electrons. The van der Waals surface area contributed by atoms with E-state index in [0.717, 1.165) is 48.8 Å². The monoisotopic (exact) mass is 327 g/mol. The van der Waals surface area contributed by atoms with Gasteiger partial charge in [0.2, 0.25) is 0 Å². The number of likely N-dealkylation sites (tertiary alicyclic amines) is 1. The summed E-state index contributed by atoms with van der Waals surface area (Å²) in [4.78, 5) is 7.13. The van der Waals surface area contributed by atoms with Gasteiger partial charge in [-0.05, 0) is 50.0 Å². The van der Waals surface area contributed by atoms with E-state index in [2.05, 4.69) is 20.4 Å². The van der Waals surface area contributed by atoms with Crippen molar-refractivity contribution in [3.05, 3.63) is 47.2 Å². The maximum absolute atomic E-state index is 13.1. The molecule has 1 aromatic heterocycles. The fourth-order valence-electron chi connectivity index (χ4n) is 2.87. The van der Waals surface area contributed by atoms with E-state index in [1.165, 1.54) is 31.6 Å². The van der Waals surface area contributed by atoms with Crippen LogP contribution in [-0.2, 0) is 6.42 Å². The van der Waals surface area contributed by atoms with Crippen molar-refractivity contribution in [3.63, 3.8) is 0 Å². The summed E-state index contributed by atoms with van der Waals surface area (Å²) in [5.41, 5.74) is 1.84. The Hall–Kier alpha value is -2.08. The van der Waals surface area contributed by atoms with Gasteiger partial charge in [0.1, 0.15) is 11.5 Å². The second kappa shape index (κ2) is 6.81. The van der Waals surface area contributed by atoms with Crippen LogP contribution in [0.15, 0.2) is 24.3 Å². The van der Waals surface area contributed by atoms with Crippen molar-refractivity contribution in [2.45, 2.75) is 31.6 Å². The molecule has 2 fully saturated rings. The first-order valence-corrected chi connectivity index (χ1v) is 8.72. The zero-order valence-corrected chi connectivity index (χ0v) is 13.7. The SMILES string of the molecule is Fc1ccc(Cc2nnc(C3CC3)nc2NCCN2CCC2)cc1. The lowest BCUT2D eigenvalue weighted by Crippen LogP contribution is -2.40. The molecule has 1 N–H and O–H groups in total. The fourth-order valence-corrected chi connectivity index (χ4v) is 2.87. The van der Waals surface area contributed by atoms with Crippen molar-refractivity contribution in [2.75, 3.05) is 31.5 Å². The molecule has 2 aliphatic rings. The highest BCUT2D eigenvalue weighted by Gasteiger charge is 2.28. The second-order valence-corrected chi connectivity index (χ2v) is 6.66. The van der Waals surface area contributed by atoms with E-state index in [1.54, 1.807) is 12.1 Å². The van der Waals surface area contributed by atoms with Gasteiger partial charge >= 0.3 is 0 Å². The normalized spacial score (nSPS) is 17.5. The highest BCUT2D eigenvalue weighted by Crippen LogP contribution is 2.38. The fraction of sp³-hybridized carbons (Fsp3) is 0.500. The third-order valence-electron chi connectivity index (χ3n) is 4.67. The molecule has 5 nitrogen and oxygen atoms in total. The van der Waals surface area contributed by atoms with Crippen LogP contribution in [0.2, 0.25) is 0 Å². The molecule has 0 bridgehead atoms. The van der Waals surface area contributed by atoms with Gasteiger partial charge in [-0.15, -0.1) is 10.2 Å². The van der Waals surface area contributed by atoms with Gasteiger partial charge in [0.05, 0.1) is 0 Å². The smallest absolute Gasteiger partial charge is 0.156 e. The predicted octanol–water partition coefficient (Wildman–Crippen LogP) is 2.60. The second-order valence-electron chi connectivity index (χ2n) is 6.66. The molecule has 24 heavy (non-hydrogen) atoms. The summed E-state index contributed by atoms with van der Waals surface area (Å²) in [6, 6.07) is 6.53. The first-order chi connectivity index (χ1) is 11.8. The Kier molecular flexibility index (Phi) is 4.38. The molecule has 1 aliphatic carbocycles. The van der Waals surface area contributed by atoms with E-state index in [1.807, 2.05) is 0 Å². The number of aromatic nitrogens is 3. The van der Waals surface area contributed by atoms with Crippen LogP contribution < -0.4 is 5.32 Å². The summed E-state index contributed by atoms with van der Waals surface area (Å²) in [5, 5.41) is 12.1. The van der Waals surface area contributed by atoms with Crippen LogP contribution in [0.3, 0.4) is 0 Å². The number of benzene rings is 1. The van der Waals surface area contributed by atoms with Crippen LogP contribution in [0.5, 0.6) is 0 Å². The topological polar surface area (TPSA) is 53.9 Å². The molecule has 0 unspecified atom stereocenters. The Morgan fingerprint density at radius 3 is 2.58 bits per heavy atom. The molecular formula is C18H22FN5. The van der Waals surface area contributed by atoms with Gasteiger partial charge < -0.3 is 10.2 Å². The molecule has 1 saturated carbocycles. The number of hydrogen-bond acceptors (Lipinski definition) is 5. The molecule has 1 aliphatic heterocycles. The molecular weight excluding hydrogens is 305 g/mol. The van der Waals surface area contributed by atoms with Crippen LogP contribution in [0.1, 0.15) is 42.3 Å². The highest BCUT2D eigenvalue weighted by atomic mass is 19.1. The highest BCUT2D eigenvalue weighted by molar-refractivity contribution is 5.42. The summed E-state index contributed by atoms with van der Waals surface area (Å²) in [6.07, 6.45) is 4.23. The number of anilines is 1. The van der Waals surface area contributed by atoms with Crippen LogP contribution in [0.25, 0.3) is 0 Å². The quantitative estimate of drug-likeness (QED) is 0.847. The number of nitrogens with one attached hydrogen (secondary N) is 1. The summed E-state index contributed by atoms with van der Waals surface area (Å²) in [6.45, 7) is 4.27. The maximum atomic E-state index is 13.1. The molecule has 0 spiro atoms. The Morgan fingerprint density at radius 1 is 1.12 bits per heavy atom.